The highest BCUT2D eigenvalue weighted by Crippen LogP contribution is 2.26. The van der Waals surface area contributed by atoms with Gasteiger partial charge in [-0.05, 0) is 56.1 Å². The van der Waals surface area contributed by atoms with Gasteiger partial charge in [0.2, 0.25) is 0 Å². The van der Waals surface area contributed by atoms with E-state index in [1.807, 2.05) is 31.2 Å². The van der Waals surface area contributed by atoms with E-state index >= 15 is 0 Å². The Morgan fingerprint density at radius 2 is 2.19 bits per heavy atom. The Bertz CT molecular complexity index is 864. The fourth-order valence-corrected chi connectivity index (χ4v) is 3.59. The van der Waals surface area contributed by atoms with Gasteiger partial charge in [0.05, 0.1) is 5.69 Å². The number of hydrogen-bond donors (Lipinski definition) is 1. The average molecular weight is 363 g/mol. The van der Waals surface area contributed by atoms with Crippen LogP contribution in [-0.2, 0) is 13.2 Å². The van der Waals surface area contributed by atoms with Crippen molar-refractivity contribution in [1.29, 1.82) is 0 Å². The van der Waals surface area contributed by atoms with E-state index in [1.54, 1.807) is 6.20 Å². The molecule has 140 valence electrons. The summed E-state index contributed by atoms with van der Waals surface area (Å²) in [6, 6.07) is 14.2. The zero-order valence-corrected chi connectivity index (χ0v) is 15.6. The molecule has 3 heterocycles. The summed E-state index contributed by atoms with van der Waals surface area (Å²) >= 11 is 0. The third kappa shape index (κ3) is 4.71. The van der Waals surface area contributed by atoms with Crippen molar-refractivity contribution < 1.29 is 4.74 Å². The number of rotatable bonds is 6. The standard InChI is InChI=1S/C21H25N5O/c1-16-23-21(25-24-16)18-7-5-11-26(14-18)13-17-6-4-9-20(12-17)27-15-19-8-2-3-10-22-19/h2-4,6,8-10,12,18H,5,7,11,13-15H2,1H3,(H,23,24,25)/t18-/m1/s1. The number of aryl methyl sites for hydroxylation is 1. The number of H-pyrrole nitrogens is 1. The highest BCUT2D eigenvalue weighted by Gasteiger charge is 2.24. The van der Waals surface area contributed by atoms with Crippen LogP contribution >= 0.6 is 0 Å². The largest absolute Gasteiger partial charge is 0.487 e. The number of likely N-dealkylation sites (tertiary alicyclic amines) is 1. The quantitative estimate of drug-likeness (QED) is 0.726. The van der Waals surface area contributed by atoms with Crippen LogP contribution in [0.1, 0.15) is 41.7 Å². The molecule has 0 spiro atoms. The molecule has 1 atom stereocenters. The Kier molecular flexibility index (Phi) is 5.44. The van der Waals surface area contributed by atoms with Crippen LogP contribution in [0.5, 0.6) is 5.75 Å². The van der Waals surface area contributed by atoms with Gasteiger partial charge in [0.1, 0.15) is 18.2 Å². The molecule has 1 aromatic carbocycles. The molecule has 2 aromatic heterocycles. The minimum atomic E-state index is 0.410. The van der Waals surface area contributed by atoms with Crippen LogP contribution in [0.3, 0.4) is 0 Å². The summed E-state index contributed by atoms with van der Waals surface area (Å²) in [5.74, 6) is 3.13. The van der Waals surface area contributed by atoms with Gasteiger partial charge in [0.15, 0.2) is 5.82 Å². The zero-order valence-electron chi connectivity index (χ0n) is 15.6. The SMILES string of the molecule is Cc1nc([C@@H]2CCCN(Cc3cccc(OCc4ccccn4)c3)C2)n[nH]1. The van der Waals surface area contributed by atoms with Crippen LogP contribution in [-0.4, -0.2) is 38.2 Å². The van der Waals surface area contributed by atoms with Gasteiger partial charge in [0, 0.05) is 25.2 Å². The molecule has 3 aromatic rings. The van der Waals surface area contributed by atoms with E-state index in [2.05, 4.69) is 43.3 Å². The van der Waals surface area contributed by atoms with E-state index in [9.17, 15) is 0 Å². The smallest absolute Gasteiger partial charge is 0.155 e. The number of nitrogens with zero attached hydrogens (tertiary/aromatic N) is 4. The van der Waals surface area contributed by atoms with Gasteiger partial charge in [0.25, 0.3) is 0 Å². The summed E-state index contributed by atoms with van der Waals surface area (Å²) in [5, 5.41) is 7.32. The van der Waals surface area contributed by atoms with Crippen molar-refractivity contribution in [3.8, 4) is 5.75 Å². The fraction of sp³-hybridized carbons (Fsp3) is 0.381. The summed E-state index contributed by atoms with van der Waals surface area (Å²) in [6.07, 6.45) is 4.12. The highest BCUT2D eigenvalue weighted by atomic mass is 16.5. The lowest BCUT2D eigenvalue weighted by Gasteiger charge is -2.31. The van der Waals surface area contributed by atoms with Crippen LogP contribution in [0, 0.1) is 6.92 Å². The van der Waals surface area contributed by atoms with Gasteiger partial charge in [-0.25, -0.2) is 4.98 Å². The van der Waals surface area contributed by atoms with E-state index in [0.717, 1.165) is 49.1 Å². The molecule has 0 unspecified atom stereocenters. The Morgan fingerprint density at radius 1 is 1.22 bits per heavy atom. The number of hydrogen-bond acceptors (Lipinski definition) is 5. The van der Waals surface area contributed by atoms with Crippen molar-refractivity contribution >= 4 is 0 Å². The second-order valence-corrected chi connectivity index (χ2v) is 7.11. The summed E-state index contributed by atoms with van der Waals surface area (Å²) in [7, 11) is 0. The van der Waals surface area contributed by atoms with Crippen LogP contribution in [0.2, 0.25) is 0 Å². The van der Waals surface area contributed by atoms with E-state index in [4.69, 9.17) is 4.74 Å². The molecule has 1 fully saturated rings. The van der Waals surface area contributed by atoms with Gasteiger partial charge in [-0.15, -0.1) is 0 Å². The normalized spacial score (nSPS) is 17.7. The molecule has 1 N–H and O–H groups in total. The molecule has 4 rings (SSSR count). The highest BCUT2D eigenvalue weighted by molar-refractivity contribution is 5.28. The zero-order chi connectivity index (χ0) is 18.5. The molecule has 0 bridgehead atoms. The Balaban J connectivity index is 1.36. The van der Waals surface area contributed by atoms with Gasteiger partial charge < -0.3 is 4.74 Å². The second kappa shape index (κ2) is 8.31. The Morgan fingerprint density at radius 3 is 3.00 bits per heavy atom. The molecule has 0 radical (unpaired) electrons. The number of benzene rings is 1. The molecular formula is C21H25N5O. The minimum Gasteiger partial charge on any atom is -0.487 e. The van der Waals surface area contributed by atoms with Crippen molar-refractivity contribution in [2.24, 2.45) is 0 Å². The summed E-state index contributed by atoms with van der Waals surface area (Å²) < 4.78 is 5.91. The number of ether oxygens (including phenoxy) is 1. The third-order valence-electron chi connectivity index (χ3n) is 4.90. The van der Waals surface area contributed by atoms with Crippen molar-refractivity contribution in [2.45, 2.75) is 38.8 Å². The molecule has 0 saturated carbocycles. The summed E-state index contributed by atoms with van der Waals surface area (Å²) in [4.78, 5) is 11.3. The lowest BCUT2D eigenvalue weighted by atomic mass is 9.97. The lowest BCUT2D eigenvalue weighted by Crippen LogP contribution is -2.34. The molecule has 6 nitrogen and oxygen atoms in total. The van der Waals surface area contributed by atoms with E-state index in [-0.39, 0.29) is 0 Å². The first-order chi connectivity index (χ1) is 13.3. The maximum absolute atomic E-state index is 5.91. The van der Waals surface area contributed by atoms with Gasteiger partial charge in [-0.2, -0.15) is 5.10 Å². The van der Waals surface area contributed by atoms with Crippen LogP contribution in [0.15, 0.2) is 48.7 Å². The predicted octanol–water partition coefficient (Wildman–Crippen LogP) is 3.47. The van der Waals surface area contributed by atoms with E-state index < -0.39 is 0 Å². The molecule has 0 amide bonds. The van der Waals surface area contributed by atoms with Crippen molar-refractivity contribution in [3.05, 3.63) is 71.6 Å². The number of piperidine rings is 1. The first-order valence-electron chi connectivity index (χ1n) is 9.49. The average Bonchev–Trinajstić information content (AvgIpc) is 3.14. The van der Waals surface area contributed by atoms with Gasteiger partial charge >= 0.3 is 0 Å². The molecule has 6 heteroatoms. The number of pyridine rings is 1. The minimum absolute atomic E-state index is 0.410. The van der Waals surface area contributed by atoms with Crippen molar-refractivity contribution in [2.75, 3.05) is 13.1 Å². The molecule has 27 heavy (non-hydrogen) atoms. The lowest BCUT2D eigenvalue weighted by molar-refractivity contribution is 0.196. The van der Waals surface area contributed by atoms with Crippen LogP contribution in [0.4, 0.5) is 0 Å². The summed E-state index contributed by atoms with van der Waals surface area (Å²) in [5.41, 5.74) is 2.20. The second-order valence-electron chi connectivity index (χ2n) is 7.11. The van der Waals surface area contributed by atoms with E-state index in [1.165, 1.54) is 12.0 Å². The van der Waals surface area contributed by atoms with Gasteiger partial charge in [-0.1, -0.05) is 18.2 Å². The molecule has 0 aliphatic carbocycles. The van der Waals surface area contributed by atoms with Crippen LogP contribution < -0.4 is 4.74 Å². The predicted molar refractivity (Wildman–Crippen MR) is 103 cm³/mol. The Labute approximate surface area is 159 Å². The molecule has 1 aliphatic heterocycles. The maximum Gasteiger partial charge on any atom is 0.155 e. The monoisotopic (exact) mass is 363 g/mol. The Hall–Kier alpha value is -2.73. The maximum atomic E-state index is 5.91. The fourth-order valence-electron chi connectivity index (χ4n) is 3.59. The molecule has 1 saturated heterocycles. The third-order valence-corrected chi connectivity index (χ3v) is 4.90. The summed E-state index contributed by atoms with van der Waals surface area (Å²) in [6.45, 7) is 5.46. The molecule has 1 aliphatic rings. The first-order valence-corrected chi connectivity index (χ1v) is 9.49. The topological polar surface area (TPSA) is 66.9 Å². The van der Waals surface area contributed by atoms with Crippen molar-refractivity contribution in [3.63, 3.8) is 0 Å². The van der Waals surface area contributed by atoms with Gasteiger partial charge in [-0.3, -0.25) is 15.0 Å². The van der Waals surface area contributed by atoms with Crippen molar-refractivity contribution in [1.82, 2.24) is 25.1 Å². The van der Waals surface area contributed by atoms with E-state index in [0.29, 0.717) is 12.5 Å². The number of aromatic amines is 1. The molecular weight excluding hydrogens is 338 g/mol. The number of nitrogens with one attached hydrogen (secondary N) is 1. The first kappa shape index (κ1) is 17.7. The number of aromatic nitrogens is 4. The van der Waals surface area contributed by atoms with Crippen LogP contribution in [0.25, 0.3) is 0 Å².